The molecule has 21 heavy (non-hydrogen) atoms. The molecular weight excluding hydrogens is 283 g/mol. The second kappa shape index (κ2) is 6.42. The molecule has 0 aromatic carbocycles. The maximum atomic E-state index is 12.6. The third-order valence-electron chi connectivity index (χ3n) is 4.34. The Morgan fingerprint density at radius 1 is 1.24 bits per heavy atom. The van der Waals surface area contributed by atoms with Crippen molar-refractivity contribution in [1.82, 2.24) is 10.6 Å². The summed E-state index contributed by atoms with van der Waals surface area (Å²) in [5, 5.41) is 6.47. The van der Waals surface area contributed by atoms with Crippen LogP contribution in [0.5, 0.6) is 0 Å². The molecule has 0 radical (unpaired) electrons. The molecule has 122 valence electrons. The summed E-state index contributed by atoms with van der Waals surface area (Å²) in [5.74, 6) is -0.477. The predicted molar refractivity (Wildman–Crippen MR) is 75.2 cm³/mol. The lowest BCUT2D eigenvalue weighted by Crippen LogP contribution is -2.52. The Morgan fingerprint density at radius 2 is 1.86 bits per heavy atom. The first-order valence-corrected chi connectivity index (χ1v) is 7.44. The molecule has 1 aliphatic heterocycles. The number of aliphatic imine (C=N–C) groups is 1. The van der Waals surface area contributed by atoms with Gasteiger partial charge in [0.15, 0.2) is 5.96 Å². The first kappa shape index (κ1) is 16.4. The first-order valence-electron chi connectivity index (χ1n) is 7.44. The van der Waals surface area contributed by atoms with Gasteiger partial charge >= 0.3 is 6.18 Å². The van der Waals surface area contributed by atoms with Crippen molar-refractivity contribution in [2.45, 2.75) is 44.8 Å². The van der Waals surface area contributed by atoms with Crippen LogP contribution in [0.1, 0.15) is 32.6 Å². The monoisotopic (exact) mass is 307 g/mol. The molecule has 0 amide bonds. The third kappa shape index (κ3) is 4.49. The average Bonchev–Trinajstić information content (AvgIpc) is 2.41. The highest BCUT2D eigenvalue weighted by Gasteiger charge is 2.41. The van der Waals surface area contributed by atoms with E-state index < -0.39 is 12.1 Å². The van der Waals surface area contributed by atoms with Gasteiger partial charge in [-0.3, -0.25) is 4.99 Å². The van der Waals surface area contributed by atoms with Gasteiger partial charge in [-0.2, -0.15) is 13.2 Å². The highest BCUT2D eigenvalue weighted by molar-refractivity contribution is 5.80. The maximum Gasteiger partial charge on any atom is 0.391 e. The van der Waals surface area contributed by atoms with E-state index >= 15 is 0 Å². The number of rotatable bonds is 3. The normalized spacial score (nSPS) is 29.7. The van der Waals surface area contributed by atoms with Gasteiger partial charge in [-0.25, -0.2) is 0 Å². The van der Waals surface area contributed by atoms with Crippen molar-refractivity contribution in [1.29, 1.82) is 0 Å². The number of ether oxygens (including phenoxy) is 1. The summed E-state index contributed by atoms with van der Waals surface area (Å²) in [4.78, 5) is 4.14. The van der Waals surface area contributed by atoms with Crippen LogP contribution in [0.15, 0.2) is 4.99 Å². The van der Waals surface area contributed by atoms with Crippen LogP contribution < -0.4 is 10.6 Å². The van der Waals surface area contributed by atoms with Crippen molar-refractivity contribution in [2.24, 2.45) is 16.3 Å². The first-order chi connectivity index (χ1) is 9.82. The van der Waals surface area contributed by atoms with Gasteiger partial charge in [-0.15, -0.1) is 0 Å². The van der Waals surface area contributed by atoms with Gasteiger partial charge in [0, 0.05) is 25.0 Å². The molecule has 0 aromatic rings. The van der Waals surface area contributed by atoms with Gasteiger partial charge in [0.25, 0.3) is 0 Å². The molecule has 1 aliphatic carbocycles. The minimum Gasteiger partial charge on any atom is -0.380 e. The van der Waals surface area contributed by atoms with E-state index in [1.807, 2.05) is 0 Å². The largest absolute Gasteiger partial charge is 0.391 e. The number of hydrogen-bond donors (Lipinski definition) is 2. The SMILES string of the molecule is CN=C(NCC1(C)COC1)NC1CCC(C(F)(F)F)CC1. The van der Waals surface area contributed by atoms with Crippen LogP contribution in [-0.2, 0) is 4.74 Å². The minimum atomic E-state index is -4.05. The third-order valence-corrected chi connectivity index (χ3v) is 4.34. The molecule has 0 bridgehead atoms. The summed E-state index contributed by atoms with van der Waals surface area (Å²) in [5.41, 5.74) is 0.131. The molecule has 0 unspecified atom stereocenters. The Morgan fingerprint density at radius 3 is 2.29 bits per heavy atom. The Hall–Kier alpha value is -0.980. The number of alkyl halides is 3. The predicted octanol–water partition coefficient (Wildman–Crippen LogP) is 2.31. The molecule has 0 atom stereocenters. The Labute approximate surface area is 123 Å². The van der Waals surface area contributed by atoms with Crippen molar-refractivity contribution in [2.75, 3.05) is 26.8 Å². The van der Waals surface area contributed by atoms with Crippen LogP contribution in [0, 0.1) is 11.3 Å². The fourth-order valence-electron chi connectivity index (χ4n) is 2.80. The number of nitrogens with one attached hydrogen (secondary N) is 2. The summed E-state index contributed by atoms with van der Waals surface area (Å²) < 4.78 is 43.1. The molecule has 2 fully saturated rings. The van der Waals surface area contributed by atoms with E-state index in [-0.39, 0.29) is 24.3 Å². The fourth-order valence-corrected chi connectivity index (χ4v) is 2.80. The van der Waals surface area contributed by atoms with E-state index in [0.29, 0.717) is 18.8 Å². The van der Waals surface area contributed by atoms with Gasteiger partial charge in [0.05, 0.1) is 19.1 Å². The molecule has 4 nitrogen and oxygen atoms in total. The molecule has 0 aromatic heterocycles. The zero-order valence-corrected chi connectivity index (χ0v) is 12.6. The zero-order chi connectivity index (χ0) is 15.5. The van der Waals surface area contributed by atoms with Gasteiger partial charge < -0.3 is 15.4 Å². The molecule has 1 heterocycles. The maximum absolute atomic E-state index is 12.6. The molecule has 2 aliphatic rings. The summed E-state index contributed by atoms with van der Waals surface area (Å²) >= 11 is 0. The summed E-state index contributed by atoms with van der Waals surface area (Å²) in [6.07, 6.45) is -2.59. The van der Waals surface area contributed by atoms with Gasteiger partial charge in [0.2, 0.25) is 0 Å². The zero-order valence-electron chi connectivity index (χ0n) is 12.6. The van der Waals surface area contributed by atoms with Crippen LogP contribution in [0.2, 0.25) is 0 Å². The van der Waals surface area contributed by atoms with E-state index in [1.54, 1.807) is 7.05 Å². The second-order valence-corrected chi connectivity index (χ2v) is 6.46. The number of halogens is 3. The van der Waals surface area contributed by atoms with Crippen molar-refractivity contribution >= 4 is 5.96 Å². The number of guanidine groups is 1. The molecule has 1 saturated carbocycles. The molecule has 0 spiro atoms. The Kier molecular flexibility index (Phi) is 5.01. The summed E-state index contributed by atoms with van der Waals surface area (Å²) in [6, 6.07) is 0.0697. The Balaban J connectivity index is 1.73. The number of hydrogen-bond acceptors (Lipinski definition) is 2. The van der Waals surface area contributed by atoms with Crippen LogP contribution >= 0.6 is 0 Å². The summed E-state index contributed by atoms with van der Waals surface area (Å²) in [6.45, 7) is 4.34. The lowest BCUT2D eigenvalue weighted by Gasteiger charge is -2.38. The molecule has 2 rings (SSSR count). The lowest BCUT2D eigenvalue weighted by atomic mass is 9.85. The van der Waals surface area contributed by atoms with Gasteiger partial charge in [0.1, 0.15) is 0 Å². The van der Waals surface area contributed by atoms with Crippen LogP contribution in [0.25, 0.3) is 0 Å². The number of nitrogens with zero attached hydrogens (tertiary/aromatic N) is 1. The molecule has 2 N–H and O–H groups in total. The average molecular weight is 307 g/mol. The van der Waals surface area contributed by atoms with E-state index in [2.05, 4.69) is 22.5 Å². The van der Waals surface area contributed by atoms with Crippen LogP contribution in [-0.4, -0.2) is 45.0 Å². The van der Waals surface area contributed by atoms with Crippen molar-refractivity contribution < 1.29 is 17.9 Å². The fraction of sp³-hybridized carbons (Fsp3) is 0.929. The standard InChI is InChI=1S/C14H24F3N3O/c1-13(8-21-9-13)7-19-12(18-2)20-11-5-3-10(4-6-11)14(15,16)17/h10-11H,3-9H2,1-2H3,(H2,18,19,20). The second-order valence-electron chi connectivity index (χ2n) is 6.46. The van der Waals surface area contributed by atoms with Crippen molar-refractivity contribution in [3.05, 3.63) is 0 Å². The molecule has 1 saturated heterocycles. The minimum absolute atomic E-state index is 0.0697. The van der Waals surface area contributed by atoms with E-state index in [9.17, 15) is 13.2 Å². The molecular formula is C14H24F3N3O. The lowest BCUT2D eigenvalue weighted by molar-refractivity contribution is -0.182. The molecule has 7 heteroatoms. The van der Waals surface area contributed by atoms with E-state index in [1.165, 1.54) is 0 Å². The highest BCUT2D eigenvalue weighted by Crippen LogP contribution is 2.37. The Bertz CT molecular complexity index is 372. The van der Waals surface area contributed by atoms with Crippen molar-refractivity contribution in [3.8, 4) is 0 Å². The van der Waals surface area contributed by atoms with Gasteiger partial charge in [-0.1, -0.05) is 6.92 Å². The van der Waals surface area contributed by atoms with Crippen molar-refractivity contribution in [3.63, 3.8) is 0 Å². The topological polar surface area (TPSA) is 45.7 Å². The quantitative estimate of drug-likeness (QED) is 0.621. The van der Waals surface area contributed by atoms with Gasteiger partial charge in [-0.05, 0) is 25.7 Å². The van der Waals surface area contributed by atoms with Crippen LogP contribution in [0.4, 0.5) is 13.2 Å². The summed E-state index contributed by atoms with van der Waals surface area (Å²) in [7, 11) is 1.68. The smallest absolute Gasteiger partial charge is 0.380 e. The van der Waals surface area contributed by atoms with E-state index in [4.69, 9.17) is 4.74 Å². The highest BCUT2D eigenvalue weighted by atomic mass is 19.4. The van der Waals surface area contributed by atoms with Crippen LogP contribution in [0.3, 0.4) is 0 Å². The van der Waals surface area contributed by atoms with E-state index in [0.717, 1.165) is 19.8 Å².